The average Bonchev–Trinajstić information content (AvgIpc) is 3.62. The lowest BCUT2D eigenvalue weighted by Crippen LogP contribution is -2.63. The van der Waals surface area contributed by atoms with Crippen LogP contribution in [-0.4, -0.2) is 46.2 Å². The molecule has 3 saturated carbocycles. The summed E-state index contributed by atoms with van der Waals surface area (Å²) in [5, 5.41) is 22.0. The van der Waals surface area contributed by atoms with E-state index in [1.807, 2.05) is 36.4 Å². The van der Waals surface area contributed by atoms with E-state index in [2.05, 4.69) is 19.9 Å². The molecule has 5 aliphatic rings. The lowest BCUT2D eigenvalue weighted by atomic mass is 9.46. The van der Waals surface area contributed by atoms with Crippen LogP contribution in [-0.2, 0) is 25.5 Å². The van der Waals surface area contributed by atoms with Crippen molar-refractivity contribution in [3.05, 3.63) is 75.5 Å². The summed E-state index contributed by atoms with van der Waals surface area (Å²) in [5.74, 6) is -0.214. The van der Waals surface area contributed by atoms with E-state index < -0.39 is 41.5 Å². The highest BCUT2D eigenvalue weighted by Gasteiger charge is 2.76. The summed E-state index contributed by atoms with van der Waals surface area (Å²) in [6, 6.07) is 11.9. The number of fused-ring (bicyclic) bond motifs is 7. The SMILES string of the molecule is C[C@]12C=CC(=O)C=C1CC[C@@H]1[C@@H]2[C@@H](O)C[C@@]2(C)[C@H]1C[C@H]1O[C@@H](c3ccc(Cc4ccc(N)cc4)s3)O[C@]12C(=O)CO. The molecule has 0 bridgehead atoms. The molecule has 1 aromatic carbocycles. The van der Waals surface area contributed by atoms with Gasteiger partial charge in [0, 0.05) is 33.7 Å². The van der Waals surface area contributed by atoms with Gasteiger partial charge in [0.25, 0.3) is 0 Å². The molecule has 2 aromatic rings. The van der Waals surface area contributed by atoms with Crippen molar-refractivity contribution in [1.29, 1.82) is 0 Å². The molecule has 4 N–H and O–H groups in total. The van der Waals surface area contributed by atoms with E-state index in [1.165, 1.54) is 0 Å². The number of rotatable bonds is 5. The third-order valence-corrected chi connectivity index (χ3v) is 12.2. The summed E-state index contributed by atoms with van der Waals surface area (Å²) in [7, 11) is 0. The summed E-state index contributed by atoms with van der Waals surface area (Å²) < 4.78 is 13.3. The molecular formula is C33H37NO6S. The Bertz CT molecular complexity index is 1460. The lowest BCUT2D eigenvalue weighted by molar-refractivity contribution is -0.200. The van der Waals surface area contributed by atoms with Crippen LogP contribution in [0.15, 0.2) is 60.2 Å². The minimum Gasteiger partial charge on any atom is -0.399 e. The third-order valence-electron chi connectivity index (χ3n) is 11.1. The largest absolute Gasteiger partial charge is 0.399 e. The molecule has 0 spiro atoms. The molecule has 8 heteroatoms. The minimum absolute atomic E-state index is 0.00648. The average molecular weight is 576 g/mol. The van der Waals surface area contributed by atoms with E-state index in [0.717, 1.165) is 45.8 Å². The van der Waals surface area contributed by atoms with Crippen molar-refractivity contribution in [2.45, 2.75) is 70.1 Å². The van der Waals surface area contributed by atoms with Crippen LogP contribution >= 0.6 is 11.3 Å². The van der Waals surface area contributed by atoms with Crippen LogP contribution in [0.25, 0.3) is 0 Å². The number of nitrogens with two attached hydrogens (primary N) is 1. The molecule has 4 aliphatic carbocycles. The molecule has 1 aliphatic heterocycles. The second-order valence-corrected chi connectivity index (χ2v) is 14.3. The van der Waals surface area contributed by atoms with Crippen molar-refractivity contribution in [2.75, 3.05) is 12.3 Å². The van der Waals surface area contributed by atoms with Crippen LogP contribution < -0.4 is 5.73 Å². The summed E-state index contributed by atoms with van der Waals surface area (Å²) in [4.78, 5) is 27.9. The second kappa shape index (κ2) is 9.44. The Morgan fingerprint density at radius 1 is 1.17 bits per heavy atom. The Hall–Kier alpha value is -2.62. The first-order valence-corrected chi connectivity index (χ1v) is 15.4. The van der Waals surface area contributed by atoms with Crippen LogP contribution in [0.5, 0.6) is 0 Å². The predicted octanol–water partition coefficient (Wildman–Crippen LogP) is 4.52. The maximum absolute atomic E-state index is 13.7. The number of allylic oxidation sites excluding steroid dienone is 4. The smallest absolute Gasteiger partial charge is 0.194 e. The van der Waals surface area contributed by atoms with Gasteiger partial charge in [-0.1, -0.05) is 37.6 Å². The van der Waals surface area contributed by atoms with Gasteiger partial charge in [-0.2, -0.15) is 0 Å². The van der Waals surface area contributed by atoms with Crippen LogP contribution in [0.1, 0.15) is 61.1 Å². The van der Waals surface area contributed by atoms with Gasteiger partial charge < -0.3 is 25.4 Å². The molecule has 0 unspecified atom stereocenters. The van der Waals surface area contributed by atoms with Gasteiger partial charge in [0.05, 0.1) is 17.1 Å². The highest BCUT2D eigenvalue weighted by Crippen LogP contribution is 2.70. The number of hydrogen-bond donors (Lipinski definition) is 3. The predicted molar refractivity (Wildman–Crippen MR) is 155 cm³/mol. The summed E-state index contributed by atoms with van der Waals surface area (Å²) in [6.45, 7) is 3.56. The summed E-state index contributed by atoms with van der Waals surface area (Å²) >= 11 is 1.60. The molecule has 4 fully saturated rings. The highest BCUT2D eigenvalue weighted by molar-refractivity contribution is 7.12. The Kier molecular flexibility index (Phi) is 6.27. The number of thiophene rings is 1. The quantitative estimate of drug-likeness (QED) is 0.449. The van der Waals surface area contributed by atoms with Crippen molar-refractivity contribution >= 4 is 28.6 Å². The maximum atomic E-state index is 13.7. The molecule has 1 aromatic heterocycles. The lowest BCUT2D eigenvalue weighted by Gasteiger charge is -2.59. The number of Topliss-reactive ketones (excluding diaryl/α,β-unsaturated/α-hetero) is 1. The van der Waals surface area contributed by atoms with Crippen LogP contribution in [0, 0.1) is 28.6 Å². The minimum atomic E-state index is -1.33. The third kappa shape index (κ3) is 3.84. The van der Waals surface area contributed by atoms with Gasteiger partial charge in [-0.15, -0.1) is 11.3 Å². The van der Waals surface area contributed by atoms with E-state index in [-0.39, 0.29) is 29.3 Å². The molecular weight excluding hydrogens is 538 g/mol. The number of ether oxygens (including phenoxy) is 2. The van der Waals surface area contributed by atoms with Crippen LogP contribution in [0.4, 0.5) is 5.69 Å². The summed E-state index contributed by atoms with van der Waals surface area (Å²) in [6.07, 6.45) is 6.84. The molecule has 41 heavy (non-hydrogen) atoms. The molecule has 2 heterocycles. The van der Waals surface area contributed by atoms with Crippen molar-refractivity contribution in [3.8, 4) is 0 Å². The van der Waals surface area contributed by atoms with Gasteiger partial charge in [0.1, 0.15) is 6.61 Å². The first kappa shape index (κ1) is 27.2. The van der Waals surface area contributed by atoms with E-state index >= 15 is 0 Å². The maximum Gasteiger partial charge on any atom is 0.194 e. The number of benzene rings is 1. The van der Waals surface area contributed by atoms with Crippen LogP contribution in [0.3, 0.4) is 0 Å². The molecule has 7 rings (SSSR count). The Labute approximate surface area is 244 Å². The van der Waals surface area contributed by atoms with Crippen molar-refractivity contribution in [2.24, 2.45) is 28.6 Å². The van der Waals surface area contributed by atoms with Crippen molar-refractivity contribution in [3.63, 3.8) is 0 Å². The van der Waals surface area contributed by atoms with E-state index in [1.54, 1.807) is 23.5 Å². The Morgan fingerprint density at radius 3 is 2.71 bits per heavy atom. The fourth-order valence-corrected chi connectivity index (χ4v) is 10.3. The number of ketones is 2. The molecule has 9 atom stereocenters. The number of hydrogen-bond acceptors (Lipinski definition) is 8. The van der Waals surface area contributed by atoms with E-state index in [9.17, 15) is 19.8 Å². The normalized spacial score (nSPS) is 40.9. The number of carbonyl (C=O) groups excluding carboxylic acids is 2. The van der Waals surface area contributed by atoms with Crippen molar-refractivity contribution < 1.29 is 29.3 Å². The zero-order valence-electron chi connectivity index (χ0n) is 23.4. The van der Waals surface area contributed by atoms with E-state index in [4.69, 9.17) is 15.2 Å². The monoisotopic (exact) mass is 575 g/mol. The topological polar surface area (TPSA) is 119 Å². The number of aliphatic hydroxyl groups excluding tert-OH is 2. The zero-order valence-corrected chi connectivity index (χ0v) is 24.2. The molecule has 216 valence electrons. The van der Waals surface area contributed by atoms with Gasteiger partial charge in [-0.05, 0) is 79.5 Å². The van der Waals surface area contributed by atoms with Gasteiger partial charge in [-0.3, -0.25) is 9.59 Å². The molecule has 0 amide bonds. The number of carbonyl (C=O) groups is 2. The van der Waals surface area contributed by atoms with Gasteiger partial charge in [0.2, 0.25) is 0 Å². The number of nitrogen functional groups attached to an aromatic ring is 1. The highest BCUT2D eigenvalue weighted by atomic mass is 32.1. The number of anilines is 1. The second-order valence-electron chi connectivity index (χ2n) is 13.1. The Morgan fingerprint density at radius 2 is 1.95 bits per heavy atom. The fourth-order valence-electron chi connectivity index (χ4n) is 9.27. The Balaban J connectivity index is 1.19. The van der Waals surface area contributed by atoms with Crippen molar-refractivity contribution in [1.82, 2.24) is 0 Å². The zero-order chi connectivity index (χ0) is 28.7. The number of aliphatic hydroxyl groups is 2. The summed E-state index contributed by atoms with van der Waals surface area (Å²) in [5.41, 5.74) is 6.37. The standard InChI is InChI=1S/C33H37NO6S/c1-31-12-11-21(36)14-19(31)5-9-23-24-15-28-33(27(38)17-35,32(24,2)16-25(37)29(23)31)40-30(39-28)26-10-8-22(41-26)13-18-3-6-20(34)7-4-18/h3-4,6-8,10-12,14,23-25,28-30,35,37H,5,9,13,15-17,34H2,1-2H3/t23-,24-,25-,28+,29+,30+,31-,32-,33+/m0/s1. The van der Waals surface area contributed by atoms with Gasteiger partial charge in [-0.25, -0.2) is 0 Å². The first-order valence-electron chi connectivity index (χ1n) is 14.6. The fraction of sp³-hybridized carbons (Fsp3) is 0.515. The van der Waals surface area contributed by atoms with Crippen LogP contribution in [0.2, 0.25) is 0 Å². The van der Waals surface area contributed by atoms with Gasteiger partial charge in [0.15, 0.2) is 23.5 Å². The molecule has 7 nitrogen and oxygen atoms in total. The van der Waals surface area contributed by atoms with Gasteiger partial charge >= 0.3 is 0 Å². The molecule has 0 radical (unpaired) electrons. The molecule has 1 saturated heterocycles. The van der Waals surface area contributed by atoms with E-state index in [0.29, 0.717) is 12.8 Å². The first-order chi connectivity index (χ1) is 19.6.